The standard InChI is InChI=1S/C21H19N3O5/c1-28-14-6-4-5-13(9-14)24-12-15(29-21(24)27)10-23-20(26)19(25)17-11-22-18-8-3-2-7-16(17)18/h2-9,11,15,22H,10,12H2,1H3,(H,23,26)/t15-/m1/s1. The first-order valence-corrected chi connectivity index (χ1v) is 9.07. The van der Waals surface area contributed by atoms with Gasteiger partial charge in [0.05, 0.1) is 31.5 Å². The van der Waals surface area contributed by atoms with E-state index < -0.39 is 23.9 Å². The number of anilines is 1. The van der Waals surface area contributed by atoms with Crippen LogP contribution in [-0.2, 0) is 9.53 Å². The number of cyclic esters (lactones) is 1. The first-order chi connectivity index (χ1) is 14.1. The van der Waals surface area contributed by atoms with Crippen LogP contribution < -0.4 is 15.0 Å². The lowest BCUT2D eigenvalue weighted by Gasteiger charge is -2.14. The van der Waals surface area contributed by atoms with Gasteiger partial charge in [-0.25, -0.2) is 4.79 Å². The van der Waals surface area contributed by atoms with Gasteiger partial charge in [-0.3, -0.25) is 14.5 Å². The quantitative estimate of drug-likeness (QED) is 0.495. The molecule has 1 aliphatic heterocycles. The van der Waals surface area contributed by atoms with Gasteiger partial charge in [-0.1, -0.05) is 24.3 Å². The number of nitrogens with one attached hydrogen (secondary N) is 2. The molecule has 0 aliphatic carbocycles. The van der Waals surface area contributed by atoms with Gasteiger partial charge in [0.25, 0.3) is 11.7 Å². The summed E-state index contributed by atoms with van der Waals surface area (Å²) < 4.78 is 10.5. The average Bonchev–Trinajstić information content (AvgIpc) is 3.35. The van der Waals surface area contributed by atoms with Crippen LogP contribution in [0.2, 0.25) is 0 Å². The number of carbonyl (C=O) groups is 3. The largest absolute Gasteiger partial charge is 0.497 e. The van der Waals surface area contributed by atoms with Crippen molar-refractivity contribution in [1.29, 1.82) is 0 Å². The summed E-state index contributed by atoms with van der Waals surface area (Å²) in [5, 5.41) is 3.25. The van der Waals surface area contributed by atoms with Crippen molar-refractivity contribution in [1.82, 2.24) is 10.3 Å². The maximum Gasteiger partial charge on any atom is 0.414 e. The molecule has 0 spiro atoms. The molecule has 1 atom stereocenters. The Balaban J connectivity index is 1.38. The number of fused-ring (bicyclic) bond motifs is 1. The van der Waals surface area contributed by atoms with E-state index in [1.807, 2.05) is 12.1 Å². The number of aromatic nitrogens is 1. The normalized spacial score (nSPS) is 16.0. The lowest BCUT2D eigenvalue weighted by atomic mass is 10.1. The Morgan fingerprint density at radius 1 is 1.24 bits per heavy atom. The number of ether oxygens (including phenoxy) is 2. The van der Waals surface area contributed by atoms with Crippen molar-refractivity contribution in [3.8, 4) is 5.75 Å². The highest BCUT2D eigenvalue weighted by atomic mass is 16.6. The van der Waals surface area contributed by atoms with Crippen molar-refractivity contribution in [2.45, 2.75) is 6.10 Å². The second-order valence-corrected chi connectivity index (χ2v) is 6.60. The van der Waals surface area contributed by atoms with Crippen LogP contribution in [-0.4, -0.2) is 49.1 Å². The maximum absolute atomic E-state index is 12.5. The van der Waals surface area contributed by atoms with Gasteiger partial charge in [-0.15, -0.1) is 0 Å². The Morgan fingerprint density at radius 2 is 2.07 bits per heavy atom. The molecule has 0 radical (unpaired) electrons. The molecule has 4 rings (SSSR count). The summed E-state index contributed by atoms with van der Waals surface area (Å²) in [5.41, 5.74) is 1.72. The van der Waals surface area contributed by atoms with E-state index in [1.165, 1.54) is 11.1 Å². The summed E-state index contributed by atoms with van der Waals surface area (Å²) in [5.74, 6) is -0.765. The highest BCUT2D eigenvalue weighted by Crippen LogP contribution is 2.25. The summed E-state index contributed by atoms with van der Waals surface area (Å²) >= 11 is 0. The summed E-state index contributed by atoms with van der Waals surface area (Å²) in [6.07, 6.45) is 0.445. The number of H-pyrrole nitrogens is 1. The van der Waals surface area contributed by atoms with E-state index in [1.54, 1.807) is 43.5 Å². The monoisotopic (exact) mass is 393 g/mol. The van der Waals surface area contributed by atoms with E-state index in [9.17, 15) is 14.4 Å². The molecule has 0 saturated carbocycles. The number of ketones is 1. The number of aromatic amines is 1. The number of benzene rings is 2. The Kier molecular flexibility index (Phi) is 4.90. The third kappa shape index (κ3) is 3.64. The molecule has 2 amide bonds. The zero-order chi connectivity index (χ0) is 20.4. The van der Waals surface area contributed by atoms with Crippen LogP contribution >= 0.6 is 0 Å². The van der Waals surface area contributed by atoms with Gasteiger partial charge in [0.2, 0.25) is 0 Å². The van der Waals surface area contributed by atoms with Gasteiger partial charge >= 0.3 is 6.09 Å². The number of carbonyl (C=O) groups excluding carboxylic acids is 3. The smallest absolute Gasteiger partial charge is 0.414 e. The zero-order valence-corrected chi connectivity index (χ0v) is 15.7. The van der Waals surface area contributed by atoms with Crippen LogP contribution in [0.5, 0.6) is 5.75 Å². The van der Waals surface area contributed by atoms with E-state index in [-0.39, 0.29) is 13.1 Å². The van der Waals surface area contributed by atoms with E-state index in [0.717, 1.165) is 5.52 Å². The summed E-state index contributed by atoms with van der Waals surface area (Å²) in [4.78, 5) is 41.4. The van der Waals surface area contributed by atoms with Crippen LogP contribution in [0, 0.1) is 0 Å². The van der Waals surface area contributed by atoms with Crippen molar-refractivity contribution in [2.24, 2.45) is 0 Å². The van der Waals surface area contributed by atoms with Crippen LogP contribution in [0.3, 0.4) is 0 Å². The minimum Gasteiger partial charge on any atom is -0.497 e. The second kappa shape index (κ2) is 7.67. The van der Waals surface area contributed by atoms with Crippen molar-refractivity contribution in [2.75, 3.05) is 25.1 Å². The first-order valence-electron chi connectivity index (χ1n) is 9.07. The fourth-order valence-electron chi connectivity index (χ4n) is 3.29. The minimum atomic E-state index is -0.745. The third-order valence-corrected chi connectivity index (χ3v) is 4.77. The molecule has 0 unspecified atom stereocenters. The number of Topliss-reactive ketones (excluding diaryl/α,β-unsaturated/α-hetero) is 1. The van der Waals surface area contributed by atoms with Crippen molar-refractivity contribution >= 4 is 34.4 Å². The number of rotatable bonds is 6. The number of hydrogen-bond acceptors (Lipinski definition) is 5. The van der Waals surface area contributed by atoms with E-state index in [4.69, 9.17) is 9.47 Å². The molecule has 3 aromatic rings. The molecule has 0 bridgehead atoms. The lowest BCUT2D eigenvalue weighted by Crippen LogP contribution is -2.38. The lowest BCUT2D eigenvalue weighted by molar-refractivity contribution is -0.117. The number of amides is 2. The van der Waals surface area contributed by atoms with Gasteiger partial charge in [-0.05, 0) is 18.2 Å². The summed E-state index contributed by atoms with van der Waals surface area (Å²) in [7, 11) is 1.55. The average molecular weight is 393 g/mol. The molecular formula is C21H19N3O5. The zero-order valence-electron chi connectivity index (χ0n) is 15.7. The van der Waals surface area contributed by atoms with E-state index in [0.29, 0.717) is 22.4 Å². The van der Waals surface area contributed by atoms with Crippen molar-refractivity contribution in [3.05, 3.63) is 60.3 Å². The van der Waals surface area contributed by atoms with Crippen molar-refractivity contribution in [3.63, 3.8) is 0 Å². The Morgan fingerprint density at radius 3 is 2.90 bits per heavy atom. The van der Waals surface area contributed by atoms with Gasteiger partial charge < -0.3 is 19.8 Å². The number of methoxy groups -OCH3 is 1. The third-order valence-electron chi connectivity index (χ3n) is 4.77. The van der Waals surface area contributed by atoms with E-state index >= 15 is 0 Å². The Labute approximate surface area is 166 Å². The SMILES string of the molecule is COc1cccc(N2C[C@@H](CNC(=O)C(=O)c3c[nH]c4ccccc34)OC2=O)c1. The first kappa shape index (κ1) is 18.5. The predicted molar refractivity (Wildman–Crippen MR) is 106 cm³/mol. The summed E-state index contributed by atoms with van der Waals surface area (Å²) in [6, 6.07) is 14.3. The molecule has 2 aromatic carbocycles. The Bertz CT molecular complexity index is 1090. The van der Waals surface area contributed by atoms with Crippen LogP contribution in [0.4, 0.5) is 10.5 Å². The van der Waals surface area contributed by atoms with Gasteiger partial charge in [0.1, 0.15) is 11.9 Å². The highest BCUT2D eigenvalue weighted by molar-refractivity contribution is 6.44. The predicted octanol–water partition coefficient (Wildman–Crippen LogP) is 2.50. The number of hydrogen-bond donors (Lipinski definition) is 2. The highest BCUT2D eigenvalue weighted by Gasteiger charge is 2.33. The van der Waals surface area contributed by atoms with Crippen LogP contribution in [0.25, 0.3) is 10.9 Å². The molecule has 2 N–H and O–H groups in total. The molecule has 29 heavy (non-hydrogen) atoms. The Hall–Kier alpha value is -3.81. The molecular weight excluding hydrogens is 374 g/mol. The molecule has 2 heterocycles. The number of para-hydroxylation sites is 1. The molecule has 148 valence electrons. The number of nitrogens with zero attached hydrogens (tertiary/aromatic N) is 1. The molecule has 1 saturated heterocycles. The second-order valence-electron chi connectivity index (χ2n) is 6.60. The maximum atomic E-state index is 12.5. The molecule has 1 aromatic heterocycles. The fourth-order valence-corrected chi connectivity index (χ4v) is 3.29. The minimum absolute atomic E-state index is 0.0408. The molecule has 1 fully saturated rings. The van der Waals surface area contributed by atoms with Gasteiger partial charge in [-0.2, -0.15) is 0 Å². The fraction of sp³-hybridized carbons (Fsp3) is 0.190. The van der Waals surface area contributed by atoms with Crippen LogP contribution in [0.1, 0.15) is 10.4 Å². The van der Waals surface area contributed by atoms with Crippen LogP contribution in [0.15, 0.2) is 54.7 Å². The topological polar surface area (TPSA) is 101 Å². The van der Waals surface area contributed by atoms with E-state index in [2.05, 4.69) is 10.3 Å². The molecule has 8 heteroatoms. The summed E-state index contributed by atoms with van der Waals surface area (Å²) in [6.45, 7) is 0.298. The van der Waals surface area contributed by atoms with Gasteiger partial charge in [0.15, 0.2) is 0 Å². The van der Waals surface area contributed by atoms with Gasteiger partial charge in [0, 0.05) is 23.2 Å². The molecule has 1 aliphatic rings. The van der Waals surface area contributed by atoms with Crippen molar-refractivity contribution < 1.29 is 23.9 Å². The molecule has 8 nitrogen and oxygen atoms in total.